The fraction of sp³-hybridized carbons (Fsp3) is 0.188. The fourth-order valence-electron chi connectivity index (χ4n) is 2.48. The van der Waals surface area contributed by atoms with Gasteiger partial charge in [-0.05, 0) is 30.7 Å². The second-order valence-corrected chi connectivity index (χ2v) is 4.62. The molecule has 0 radical (unpaired) electrons. The van der Waals surface area contributed by atoms with E-state index in [0.29, 0.717) is 0 Å². The van der Waals surface area contributed by atoms with Crippen LogP contribution in [0.15, 0.2) is 54.6 Å². The second kappa shape index (κ2) is 4.76. The van der Waals surface area contributed by atoms with E-state index < -0.39 is 0 Å². The third-order valence-electron chi connectivity index (χ3n) is 3.43. The van der Waals surface area contributed by atoms with Crippen LogP contribution in [0.2, 0.25) is 0 Å². The van der Waals surface area contributed by atoms with Crippen LogP contribution in [-0.4, -0.2) is 12.1 Å². The van der Waals surface area contributed by atoms with E-state index in [1.807, 2.05) is 59.5 Å². The lowest BCUT2D eigenvalue weighted by molar-refractivity contribution is 0.0974. The molecule has 2 aromatic carbocycles. The SMILES string of the molecule is CC[C@H]1Nc2ccccc2C(=O)N1c1ccccc1. The molecule has 2 aromatic rings. The van der Waals surface area contributed by atoms with E-state index in [1.54, 1.807) is 0 Å². The van der Waals surface area contributed by atoms with Crippen LogP contribution in [0, 0.1) is 0 Å². The van der Waals surface area contributed by atoms with Crippen molar-refractivity contribution >= 4 is 17.3 Å². The molecule has 3 heteroatoms. The highest BCUT2D eigenvalue weighted by Crippen LogP contribution is 2.30. The maximum Gasteiger partial charge on any atom is 0.262 e. The summed E-state index contributed by atoms with van der Waals surface area (Å²) in [5.41, 5.74) is 2.59. The Labute approximate surface area is 112 Å². The van der Waals surface area contributed by atoms with E-state index in [9.17, 15) is 4.79 Å². The van der Waals surface area contributed by atoms with Gasteiger partial charge >= 0.3 is 0 Å². The normalized spacial score (nSPS) is 17.8. The molecule has 0 bridgehead atoms. The number of amides is 1. The van der Waals surface area contributed by atoms with Gasteiger partial charge in [-0.3, -0.25) is 9.69 Å². The van der Waals surface area contributed by atoms with E-state index >= 15 is 0 Å². The van der Waals surface area contributed by atoms with Gasteiger partial charge in [-0.15, -0.1) is 0 Å². The summed E-state index contributed by atoms with van der Waals surface area (Å²) in [6.07, 6.45) is 0.861. The van der Waals surface area contributed by atoms with Gasteiger partial charge in [-0.1, -0.05) is 37.3 Å². The van der Waals surface area contributed by atoms with Crippen molar-refractivity contribution in [3.63, 3.8) is 0 Å². The molecule has 0 aromatic heterocycles. The van der Waals surface area contributed by atoms with E-state index in [-0.39, 0.29) is 12.1 Å². The first-order valence-corrected chi connectivity index (χ1v) is 6.55. The average molecular weight is 252 g/mol. The molecule has 1 amide bonds. The topological polar surface area (TPSA) is 32.3 Å². The van der Waals surface area contributed by atoms with Gasteiger partial charge in [0.15, 0.2) is 0 Å². The highest BCUT2D eigenvalue weighted by molar-refractivity contribution is 6.11. The number of para-hydroxylation sites is 2. The molecular weight excluding hydrogens is 236 g/mol. The quantitative estimate of drug-likeness (QED) is 0.887. The van der Waals surface area contributed by atoms with Crippen molar-refractivity contribution in [2.45, 2.75) is 19.5 Å². The summed E-state index contributed by atoms with van der Waals surface area (Å²) in [5, 5.41) is 3.43. The van der Waals surface area contributed by atoms with Gasteiger partial charge in [0, 0.05) is 11.4 Å². The molecule has 1 aliphatic rings. The van der Waals surface area contributed by atoms with Gasteiger partial charge in [0.1, 0.15) is 6.17 Å². The van der Waals surface area contributed by atoms with Crippen LogP contribution in [0.3, 0.4) is 0 Å². The maximum absolute atomic E-state index is 12.7. The summed E-state index contributed by atoms with van der Waals surface area (Å²) < 4.78 is 0. The summed E-state index contributed by atoms with van der Waals surface area (Å²) in [4.78, 5) is 14.5. The predicted molar refractivity (Wildman–Crippen MR) is 77.4 cm³/mol. The number of hydrogen-bond donors (Lipinski definition) is 1. The van der Waals surface area contributed by atoms with Gasteiger partial charge in [0.25, 0.3) is 5.91 Å². The van der Waals surface area contributed by atoms with Gasteiger partial charge in [0.2, 0.25) is 0 Å². The molecular formula is C16H16N2O. The van der Waals surface area contributed by atoms with Crippen molar-refractivity contribution in [3.8, 4) is 0 Å². The van der Waals surface area contributed by atoms with E-state index in [1.165, 1.54) is 0 Å². The minimum Gasteiger partial charge on any atom is -0.364 e. The number of hydrogen-bond acceptors (Lipinski definition) is 2. The summed E-state index contributed by atoms with van der Waals surface area (Å²) in [5.74, 6) is 0.0624. The third-order valence-corrected chi connectivity index (χ3v) is 3.43. The zero-order valence-electron chi connectivity index (χ0n) is 10.8. The van der Waals surface area contributed by atoms with Crippen LogP contribution < -0.4 is 10.2 Å². The molecule has 0 saturated carbocycles. The van der Waals surface area contributed by atoms with Crippen LogP contribution in [0.4, 0.5) is 11.4 Å². The lowest BCUT2D eigenvalue weighted by Crippen LogP contribution is -2.48. The molecule has 19 heavy (non-hydrogen) atoms. The highest BCUT2D eigenvalue weighted by atomic mass is 16.2. The Kier molecular flexibility index (Phi) is 2.95. The van der Waals surface area contributed by atoms with Crippen LogP contribution in [0.5, 0.6) is 0 Å². The Morgan fingerprint density at radius 2 is 1.74 bits per heavy atom. The number of benzene rings is 2. The lowest BCUT2D eigenvalue weighted by Gasteiger charge is -2.37. The van der Waals surface area contributed by atoms with Gasteiger partial charge in [-0.25, -0.2) is 0 Å². The molecule has 1 heterocycles. The molecule has 3 rings (SSSR count). The maximum atomic E-state index is 12.7. The Morgan fingerprint density at radius 1 is 1.05 bits per heavy atom. The largest absolute Gasteiger partial charge is 0.364 e. The fourth-order valence-corrected chi connectivity index (χ4v) is 2.48. The third kappa shape index (κ3) is 1.97. The first-order valence-electron chi connectivity index (χ1n) is 6.55. The molecule has 0 aliphatic carbocycles. The van der Waals surface area contributed by atoms with E-state index in [4.69, 9.17) is 0 Å². The van der Waals surface area contributed by atoms with E-state index in [0.717, 1.165) is 23.4 Å². The van der Waals surface area contributed by atoms with Crippen LogP contribution >= 0.6 is 0 Å². The first-order chi connectivity index (χ1) is 9.31. The second-order valence-electron chi connectivity index (χ2n) is 4.62. The zero-order valence-corrected chi connectivity index (χ0v) is 10.8. The summed E-state index contributed by atoms with van der Waals surface area (Å²) in [6, 6.07) is 17.5. The minimum atomic E-state index is 0.00444. The molecule has 0 unspecified atom stereocenters. The molecule has 0 fully saturated rings. The number of carbonyl (C=O) groups excluding carboxylic acids is 1. The van der Waals surface area contributed by atoms with Crippen molar-refractivity contribution in [1.29, 1.82) is 0 Å². The zero-order chi connectivity index (χ0) is 13.2. The van der Waals surface area contributed by atoms with Crippen molar-refractivity contribution in [3.05, 3.63) is 60.2 Å². The molecule has 96 valence electrons. The Bertz CT molecular complexity index is 595. The Hall–Kier alpha value is -2.29. The summed E-state index contributed by atoms with van der Waals surface area (Å²) in [6.45, 7) is 2.08. The number of anilines is 2. The van der Waals surface area contributed by atoms with Crippen molar-refractivity contribution in [2.75, 3.05) is 10.2 Å². The molecule has 0 saturated heterocycles. The lowest BCUT2D eigenvalue weighted by atomic mass is 10.1. The van der Waals surface area contributed by atoms with Crippen molar-refractivity contribution in [2.24, 2.45) is 0 Å². The molecule has 3 nitrogen and oxygen atoms in total. The molecule has 1 N–H and O–H groups in total. The molecule has 0 spiro atoms. The summed E-state index contributed by atoms with van der Waals surface area (Å²) >= 11 is 0. The molecule has 1 atom stereocenters. The Morgan fingerprint density at radius 3 is 2.47 bits per heavy atom. The monoisotopic (exact) mass is 252 g/mol. The Balaban J connectivity index is 2.07. The minimum absolute atomic E-state index is 0.00444. The van der Waals surface area contributed by atoms with E-state index in [2.05, 4.69) is 12.2 Å². The summed E-state index contributed by atoms with van der Waals surface area (Å²) in [7, 11) is 0. The van der Waals surface area contributed by atoms with Crippen LogP contribution in [-0.2, 0) is 0 Å². The predicted octanol–water partition coefficient (Wildman–Crippen LogP) is 3.50. The van der Waals surface area contributed by atoms with Gasteiger partial charge in [-0.2, -0.15) is 0 Å². The van der Waals surface area contributed by atoms with Gasteiger partial charge < -0.3 is 5.32 Å². The van der Waals surface area contributed by atoms with Crippen molar-refractivity contribution < 1.29 is 4.79 Å². The smallest absolute Gasteiger partial charge is 0.262 e. The first kappa shape index (κ1) is 11.8. The number of nitrogens with zero attached hydrogens (tertiary/aromatic N) is 1. The van der Waals surface area contributed by atoms with Gasteiger partial charge in [0.05, 0.1) is 5.56 Å². The molecule has 1 aliphatic heterocycles. The number of rotatable bonds is 2. The number of fused-ring (bicyclic) bond motifs is 1. The van der Waals surface area contributed by atoms with Crippen molar-refractivity contribution in [1.82, 2.24) is 0 Å². The highest BCUT2D eigenvalue weighted by Gasteiger charge is 2.31. The van der Waals surface area contributed by atoms with Crippen LogP contribution in [0.25, 0.3) is 0 Å². The average Bonchev–Trinajstić information content (AvgIpc) is 2.48. The number of nitrogens with one attached hydrogen (secondary N) is 1. The van der Waals surface area contributed by atoms with Crippen LogP contribution in [0.1, 0.15) is 23.7 Å². The number of carbonyl (C=O) groups is 1. The standard InChI is InChI=1S/C16H16N2O/c1-2-15-17-14-11-7-6-10-13(14)16(19)18(15)12-8-4-3-5-9-12/h3-11,15,17H,2H2,1H3/t15-/m0/s1.